The van der Waals surface area contributed by atoms with Crippen LogP contribution in [0.15, 0.2) is 48.8 Å². The zero-order valence-electron chi connectivity index (χ0n) is 12.7. The van der Waals surface area contributed by atoms with Crippen molar-refractivity contribution in [3.8, 4) is 0 Å². The smallest absolute Gasteiger partial charge is 0.332 e. The summed E-state index contributed by atoms with van der Waals surface area (Å²) in [5.74, 6) is -1.19. The van der Waals surface area contributed by atoms with E-state index in [9.17, 15) is 22.8 Å². The van der Waals surface area contributed by atoms with Gasteiger partial charge >= 0.3 is 6.18 Å². The van der Waals surface area contributed by atoms with Crippen LogP contribution in [0.5, 0.6) is 0 Å². The third-order valence-corrected chi connectivity index (χ3v) is 3.14. The maximum Gasteiger partial charge on any atom is 0.418 e. The molecular formula is C16H14F3N3O2. The van der Waals surface area contributed by atoms with Crippen molar-refractivity contribution in [3.05, 3.63) is 59.9 Å². The molecule has 0 radical (unpaired) electrons. The van der Waals surface area contributed by atoms with Gasteiger partial charge in [0.15, 0.2) is 0 Å². The minimum absolute atomic E-state index is 0.281. The number of nitrogens with zero attached hydrogens (tertiary/aromatic N) is 2. The van der Waals surface area contributed by atoms with Crippen molar-refractivity contribution in [2.75, 3.05) is 18.9 Å². The van der Waals surface area contributed by atoms with Gasteiger partial charge in [0, 0.05) is 19.4 Å². The second-order valence-corrected chi connectivity index (χ2v) is 4.99. The number of alkyl halides is 3. The van der Waals surface area contributed by atoms with Crippen LogP contribution in [-0.2, 0) is 11.0 Å². The molecule has 8 heteroatoms. The molecule has 126 valence electrons. The first-order valence-electron chi connectivity index (χ1n) is 6.90. The molecule has 0 unspecified atom stereocenters. The number of hydrogen-bond acceptors (Lipinski definition) is 3. The number of para-hydroxylation sites is 1. The predicted molar refractivity (Wildman–Crippen MR) is 81.3 cm³/mol. The quantitative estimate of drug-likeness (QED) is 0.933. The van der Waals surface area contributed by atoms with E-state index in [1.165, 1.54) is 37.6 Å². The first-order chi connectivity index (χ1) is 11.3. The molecule has 2 aromatic rings. The number of anilines is 1. The molecule has 2 rings (SSSR count). The second kappa shape index (κ2) is 7.12. The second-order valence-electron chi connectivity index (χ2n) is 4.99. The predicted octanol–water partition coefficient (Wildman–Crippen LogP) is 2.81. The number of aromatic nitrogens is 1. The summed E-state index contributed by atoms with van der Waals surface area (Å²) in [5.41, 5.74) is -1.01. The highest BCUT2D eigenvalue weighted by Crippen LogP contribution is 2.34. The number of nitrogens with one attached hydrogen (secondary N) is 1. The normalized spacial score (nSPS) is 11.0. The Bertz CT molecular complexity index is 733. The molecular weight excluding hydrogens is 323 g/mol. The minimum Gasteiger partial charge on any atom is -0.332 e. The van der Waals surface area contributed by atoms with Gasteiger partial charge in [-0.05, 0) is 24.3 Å². The summed E-state index contributed by atoms with van der Waals surface area (Å²) in [6, 6.07) is 7.75. The molecule has 0 atom stereocenters. The SMILES string of the molecule is CN(CC(=O)Nc1ccccc1C(F)(F)F)C(=O)c1cccnc1. The maximum absolute atomic E-state index is 12.9. The molecule has 0 spiro atoms. The Morgan fingerprint density at radius 1 is 1.17 bits per heavy atom. The van der Waals surface area contributed by atoms with Crippen LogP contribution in [0, 0.1) is 0 Å². The molecule has 0 saturated carbocycles. The number of hydrogen-bond donors (Lipinski definition) is 1. The topological polar surface area (TPSA) is 62.3 Å². The van der Waals surface area contributed by atoms with Crippen LogP contribution in [0.4, 0.5) is 18.9 Å². The number of carbonyl (C=O) groups excluding carboxylic acids is 2. The highest BCUT2D eigenvalue weighted by Gasteiger charge is 2.33. The fourth-order valence-corrected chi connectivity index (χ4v) is 2.03. The average molecular weight is 337 g/mol. The number of likely N-dealkylation sites (N-methyl/N-ethyl adjacent to an activating group) is 1. The Hall–Kier alpha value is -2.90. The maximum atomic E-state index is 12.9. The highest BCUT2D eigenvalue weighted by atomic mass is 19.4. The number of pyridine rings is 1. The molecule has 24 heavy (non-hydrogen) atoms. The van der Waals surface area contributed by atoms with Crippen LogP contribution in [0.3, 0.4) is 0 Å². The lowest BCUT2D eigenvalue weighted by Gasteiger charge is -2.18. The summed E-state index contributed by atoms with van der Waals surface area (Å²) in [7, 11) is 1.38. The van der Waals surface area contributed by atoms with Crippen LogP contribution in [0.25, 0.3) is 0 Å². The van der Waals surface area contributed by atoms with E-state index in [1.54, 1.807) is 6.07 Å². The summed E-state index contributed by atoms with van der Waals surface area (Å²) in [5, 5.41) is 2.19. The summed E-state index contributed by atoms with van der Waals surface area (Å²) in [6.07, 6.45) is -1.74. The number of rotatable bonds is 4. The Morgan fingerprint density at radius 3 is 2.50 bits per heavy atom. The zero-order valence-corrected chi connectivity index (χ0v) is 12.7. The van der Waals surface area contributed by atoms with Gasteiger partial charge in [0.1, 0.15) is 0 Å². The van der Waals surface area contributed by atoms with E-state index in [0.29, 0.717) is 0 Å². The zero-order chi connectivity index (χ0) is 17.7. The van der Waals surface area contributed by atoms with Gasteiger partial charge in [-0.15, -0.1) is 0 Å². The Kier molecular flexibility index (Phi) is 5.18. The van der Waals surface area contributed by atoms with Crippen LogP contribution < -0.4 is 5.32 Å². The molecule has 2 amide bonds. The molecule has 0 aliphatic heterocycles. The molecule has 0 fully saturated rings. The van der Waals surface area contributed by atoms with E-state index < -0.39 is 23.6 Å². The van der Waals surface area contributed by atoms with E-state index in [1.807, 2.05) is 0 Å². The number of halogens is 3. The molecule has 0 aliphatic rings. The lowest BCUT2D eigenvalue weighted by Crippen LogP contribution is -2.35. The van der Waals surface area contributed by atoms with Crippen LogP contribution in [-0.4, -0.2) is 35.3 Å². The van der Waals surface area contributed by atoms with Gasteiger partial charge in [-0.3, -0.25) is 14.6 Å². The standard InChI is InChI=1S/C16H14F3N3O2/c1-22(15(24)11-5-4-8-20-9-11)10-14(23)21-13-7-3-2-6-12(13)16(17,18)19/h2-9H,10H2,1H3,(H,21,23). The van der Waals surface area contributed by atoms with E-state index in [-0.39, 0.29) is 17.8 Å². The van der Waals surface area contributed by atoms with Crippen molar-refractivity contribution in [3.63, 3.8) is 0 Å². The lowest BCUT2D eigenvalue weighted by molar-refractivity contribution is -0.137. The van der Waals surface area contributed by atoms with E-state index >= 15 is 0 Å². The Balaban J connectivity index is 2.05. The van der Waals surface area contributed by atoms with Crippen LogP contribution >= 0.6 is 0 Å². The average Bonchev–Trinajstić information content (AvgIpc) is 2.54. The lowest BCUT2D eigenvalue weighted by atomic mass is 10.1. The minimum atomic E-state index is -4.58. The third-order valence-electron chi connectivity index (χ3n) is 3.14. The molecule has 1 N–H and O–H groups in total. The van der Waals surface area contributed by atoms with Crippen molar-refractivity contribution in [2.24, 2.45) is 0 Å². The van der Waals surface area contributed by atoms with Crippen molar-refractivity contribution in [1.29, 1.82) is 0 Å². The highest BCUT2D eigenvalue weighted by molar-refractivity contribution is 5.99. The van der Waals surface area contributed by atoms with E-state index in [0.717, 1.165) is 17.0 Å². The molecule has 0 saturated heterocycles. The van der Waals surface area contributed by atoms with E-state index in [2.05, 4.69) is 10.3 Å². The number of benzene rings is 1. The summed E-state index contributed by atoms with van der Waals surface area (Å²) in [6.45, 7) is -0.389. The van der Waals surface area contributed by atoms with Gasteiger partial charge in [-0.1, -0.05) is 12.1 Å². The van der Waals surface area contributed by atoms with Crippen molar-refractivity contribution < 1.29 is 22.8 Å². The summed E-state index contributed by atoms with van der Waals surface area (Å²) in [4.78, 5) is 28.9. The van der Waals surface area contributed by atoms with Crippen molar-refractivity contribution in [2.45, 2.75) is 6.18 Å². The molecule has 0 bridgehead atoms. The largest absolute Gasteiger partial charge is 0.418 e. The Labute approximate surface area is 136 Å². The monoisotopic (exact) mass is 337 g/mol. The van der Waals surface area contributed by atoms with Crippen LogP contribution in [0.2, 0.25) is 0 Å². The first-order valence-corrected chi connectivity index (χ1v) is 6.90. The molecule has 1 aromatic carbocycles. The molecule has 1 heterocycles. The first kappa shape index (κ1) is 17.5. The van der Waals surface area contributed by atoms with E-state index in [4.69, 9.17) is 0 Å². The van der Waals surface area contributed by atoms with Crippen molar-refractivity contribution in [1.82, 2.24) is 9.88 Å². The van der Waals surface area contributed by atoms with Crippen molar-refractivity contribution >= 4 is 17.5 Å². The third kappa shape index (κ3) is 4.31. The Morgan fingerprint density at radius 2 is 1.88 bits per heavy atom. The van der Waals surface area contributed by atoms with Gasteiger partial charge in [0.05, 0.1) is 23.4 Å². The summed E-state index contributed by atoms with van der Waals surface area (Å²) < 4.78 is 38.7. The fourth-order valence-electron chi connectivity index (χ4n) is 2.03. The summed E-state index contributed by atoms with van der Waals surface area (Å²) >= 11 is 0. The molecule has 5 nitrogen and oxygen atoms in total. The molecule has 1 aromatic heterocycles. The number of amides is 2. The number of carbonyl (C=O) groups is 2. The van der Waals surface area contributed by atoms with Gasteiger partial charge < -0.3 is 10.2 Å². The molecule has 0 aliphatic carbocycles. The fraction of sp³-hybridized carbons (Fsp3) is 0.188. The van der Waals surface area contributed by atoms with Crippen LogP contribution in [0.1, 0.15) is 15.9 Å². The van der Waals surface area contributed by atoms with Gasteiger partial charge in [-0.25, -0.2) is 0 Å². The van der Waals surface area contributed by atoms with Gasteiger partial charge in [0.2, 0.25) is 5.91 Å². The van der Waals surface area contributed by atoms with Gasteiger partial charge in [0.25, 0.3) is 5.91 Å². The van der Waals surface area contributed by atoms with Gasteiger partial charge in [-0.2, -0.15) is 13.2 Å².